The van der Waals surface area contributed by atoms with Gasteiger partial charge < -0.3 is 15.4 Å². The highest BCUT2D eigenvalue weighted by atomic mass is 79.9. The average Bonchev–Trinajstić information content (AvgIpc) is 2.74. The van der Waals surface area contributed by atoms with Crippen molar-refractivity contribution in [2.45, 2.75) is 55.6 Å². The van der Waals surface area contributed by atoms with E-state index in [1.807, 2.05) is 6.92 Å². The lowest BCUT2D eigenvalue weighted by molar-refractivity contribution is -0.139. The molecule has 3 N–H and O–H groups in total. The topological polar surface area (TPSA) is 143 Å². The van der Waals surface area contributed by atoms with E-state index in [9.17, 15) is 22.8 Å². The molecule has 12 heteroatoms. The molecule has 1 spiro atoms. The summed E-state index contributed by atoms with van der Waals surface area (Å²) in [5.41, 5.74) is 2.61. The fourth-order valence-corrected chi connectivity index (χ4v) is 5.72. The van der Waals surface area contributed by atoms with Crippen LogP contribution in [0.15, 0.2) is 32.7 Å². The largest absolute Gasteiger partial charge is 0.435 e. The molecule has 33 heavy (non-hydrogen) atoms. The van der Waals surface area contributed by atoms with Crippen LogP contribution in [0.2, 0.25) is 0 Å². The van der Waals surface area contributed by atoms with Crippen LogP contribution in [-0.4, -0.2) is 57.0 Å². The number of likely N-dealkylation sites (N-methyl/N-ethyl adjacent to an activating group) is 1. The second-order valence-corrected chi connectivity index (χ2v) is 11.4. The molecule has 0 aromatic heterocycles. The van der Waals surface area contributed by atoms with Gasteiger partial charge in [0.15, 0.2) is 15.4 Å². The van der Waals surface area contributed by atoms with Crippen LogP contribution >= 0.6 is 15.9 Å². The number of amides is 3. The lowest BCUT2D eigenvalue weighted by Crippen LogP contribution is -2.52. The second kappa shape index (κ2) is 9.80. The number of nitrogens with zero attached hydrogens (tertiary/aromatic N) is 1. The number of rotatable bonds is 5. The minimum atomic E-state index is -3.38. The molecule has 0 bridgehead atoms. The number of halogens is 1. The van der Waals surface area contributed by atoms with E-state index in [4.69, 9.17) is 4.74 Å². The van der Waals surface area contributed by atoms with Crippen molar-refractivity contribution < 1.29 is 27.5 Å². The molecule has 0 saturated heterocycles. The van der Waals surface area contributed by atoms with Crippen molar-refractivity contribution in [3.63, 3.8) is 0 Å². The van der Waals surface area contributed by atoms with E-state index in [0.29, 0.717) is 35.0 Å². The van der Waals surface area contributed by atoms with Gasteiger partial charge in [0.2, 0.25) is 0 Å². The van der Waals surface area contributed by atoms with E-state index in [1.165, 1.54) is 19.2 Å². The number of sulfone groups is 1. The summed E-state index contributed by atoms with van der Waals surface area (Å²) >= 11 is 3.44. The second-order valence-electron chi connectivity index (χ2n) is 8.50. The van der Waals surface area contributed by atoms with E-state index in [1.54, 1.807) is 6.07 Å². The predicted octanol–water partition coefficient (Wildman–Crippen LogP) is 1.87. The Morgan fingerprint density at radius 2 is 1.97 bits per heavy atom. The number of hydrogen-bond donors (Lipinski definition) is 3. The quantitative estimate of drug-likeness (QED) is 0.484. The van der Waals surface area contributed by atoms with Gasteiger partial charge in [-0.25, -0.2) is 18.6 Å². The Hall–Kier alpha value is -2.47. The van der Waals surface area contributed by atoms with Gasteiger partial charge in [0.1, 0.15) is 5.71 Å². The number of ether oxygens (including phenoxy) is 1. The van der Waals surface area contributed by atoms with Crippen molar-refractivity contribution in [3.8, 4) is 0 Å². The maximum atomic E-state index is 12.0. The Balaban J connectivity index is 1.75. The van der Waals surface area contributed by atoms with Crippen LogP contribution in [0.3, 0.4) is 0 Å². The normalized spacial score (nSPS) is 23.7. The average molecular weight is 543 g/mol. The van der Waals surface area contributed by atoms with Crippen molar-refractivity contribution in [2.24, 2.45) is 11.0 Å². The zero-order valence-electron chi connectivity index (χ0n) is 18.6. The molecule has 1 aliphatic heterocycles. The number of hydrazone groups is 1. The van der Waals surface area contributed by atoms with Crippen molar-refractivity contribution in [2.75, 3.05) is 13.3 Å². The third-order valence-electron chi connectivity index (χ3n) is 6.01. The first-order valence-electron chi connectivity index (χ1n) is 10.5. The molecule has 180 valence electrons. The highest BCUT2D eigenvalue weighted by molar-refractivity contribution is 9.10. The van der Waals surface area contributed by atoms with Crippen molar-refractivity contribution in [1.29, 1.82) is 0 Å². The minimum Gasteiger partial charge on any atom is -0.435 e. The number of hydrogen-bond acceptors (Lipinski definition) is 7. The molecule has 0 radical (unpaired) electrons. The molecule has 2 aliphatic rings. The summed E-state index contributed by atoms with van der Waals surface area (Å²) < 4.78 is 30.0. The number of carbonyl (C=O) groups excluding carboxylic acids is 3. The molecule has 1 heterocycles. The van der Waals surface area contributed by atoms with Crippen LogP contribution in [0, 0.1) is 5.92 Å². The molecule has 1 atom stereocenters. The first kappa shape index (κ1) is 25.2. The van der Waals surface area contributed by atoms with Crippen LogP contribution in [0.25, 0.3) is 0 Å². The van der Waals surface area contributed by atoms with Gasteiger partial charge in [0.25, 0.3) is 0 Å². The minimum absolute atomic E-state index is 0.171. The Bertz CT molecular complexity index is 1100. The smallest absolute Gasteiger partial charge is 0.428 e. The number of benzene rings is 1. The fourth-order valence-electron chi connectivity index (χ4n) is 4.36. The standard InChI is InChI=1S/C21H27BrN4O6S/c1-12(24-19(28)18(27)23-2)10-13-6-8-21(9-7-13)17(25-26-20(29)32-21)15-5-4-14(11-16(15)22)33(3,30)31/h4-5,11-13H,6-10H2,1-3H3,(H,23,27)(H,24,28)(H,26,29)/t12-,13?,21?/m0/s1. The Morgan fingerprint density at radius 3 is 2.55 bits per heavy atom. The van der Waals surface area contributed by atoms with Crippen molar-refractivity contribution in [1.82, 2.24) is 16.1 Å². The lowest BCUT2D eigenvalue weighted by atomic mass is 9.73. The summed E-state index contributed by atoms with van der Waals surface area (Å²) in [6.07, 6.45) is 3.70. The fraction of sp³-hybridized carbons (Fsp3) is 0.524. The van der Waals surface area contributed by atoms with Gasteiger partial charge in [0.05, 0.1) is 4.90 Å². The molecule has 1 fully saturated rings. The monoisotopic (exact) mass is 542 g/mol. The predicted molar refractivity (Wildman–Crippen MR) is 124 cm³/mol. The molecular weight excluding hydrogens is 516 g/mol. The Kier molecular flexibility index (Phi) is 7.47. The number of nitrogens with one attached hydrogen (secondary N) is 3. The van der Waals surface area contributed by atoms with E-state index in [0.717, 1.165) is 19.1 Å². The van der Waals surface area contributed by atoms with E-state index in [-0.39, 0.29) is 16.9 Å². The lowest BCUT2D eigenvalue weighted by Gasteiger charge is -2.42. The van der Waals surface area contributed by atoms with Gasteiger partial charge in [-0.15, -0.1) is 0 Å². The Morgan fingerprint density at radius 1 is 1.30 bits per heavy atom. The zero-order valence-corrected chi connectivity index (χ0v) is 21.0. The first-order valence-corrected chi connectivity index (χ1v) is 13.2. The molecule has 0 unspecified atom stereocenters. The van der Waals surface area contributed by atoms with Crippen LogP contribution in [0.1, 0.15) is 44.6 Å². The highest BCUT2D eigenvalue weighted by Gasteiger charge is 2.47. The summed E-state index contributed by atoms with van der Waals surface area (Å²) in [5, 5.41) is 9.26. The molecule has 1 aliphatic carbocycles. The van der Waals surface area contributed by atoms with E-state index in [2.05, 4.69) is 37.1 Å². The molecular formula is C21H27BrN4O6S. The van der Waals surface area contributed by atoms with Gasteiger partial charge in [0, 0.05) is 29.4 Å². The molecule has 3 amide bonds. The van der Waals surface area contributed by atoms with Gasteiger partial charge in [-0.1, -0.05) is 22.0 Å². The summed E-state index contributed by atoms with van der Waals surface area (Å²) in [7, 11) is -1.97. The van der Waals surface area contributed by atoms with Crippen molar-refractivity contribution in [3.05, 3.63) is 28.2 Å². The van der Waals surface area contributed by atoms with Gasteiger partial charge in [-0.05, 0) is 57.1 Å². The molecule has 3 rings (SSSR count). The van der Waals surface area contributed by atoms with E-state index < -0.39 is 33.3 Å². The molecule has 10 nitrogen and oxygen atoms in total. The van der Waals surface area contributed by atoms with Crippen LogP contribution in [0.5, 0.6) is 0 Å². The molecule has 1 aromatic rings. The highest BCUT2D eigenvalue weighted by Crippen LogP contribution is 2.41. The summed E-state index contributed by atoms with van der Waals surface area (Å²) in [5.74, 6) is -1.08. The van der Waals surface area contributed by atoms with Crippen LogP contribution < -0.4 is 16.1 Å². The first-order chi connectivity index (χ1) is 15.4. The van der Waals surface area contributed by atoms with Gasteiger partial charge in [-0.3, -0.25) is 9.59 Å². The zero-order chi connectivity index (χ0) is 24.4. The molecule has 1 aromatic carbocycles. The number of carbonyl (C=O) groups is 3. The maximum absolute atomic E-state index is 12.0. The summed E-state index contributed by atoms with van der Waals surface area (Å²) in [6.45, 7) is 1.85. The summed E-state index contributed by atoms with van der Waals surface area (Å²) in [4.78, 5) is 35.4. The van der Waals surface area contributed by atoms with E-state index >= 15 is 0 Å². The van der Waals surface area contributed by atoms with Crippen LogP contribution in [0.4, 0.5) is 4.79 Å². The third-order valence-corrected chi connectivity index (χ3v) is 7.78. The van der Waals surface area contributed by atoms with Gasteiger partial charge >= 0.3 is 17.9 Å². The van der Waals surface area contributed by atoms with Gasteiger partial charge in [-0.2, -0.15) is 5.10 Å². The maximum Gasteiger partial charge on any atom is 0.428 e. The van der Waals surface area contributed by atoms with Crippen molar-refractivity contribution >= 4 is 49.4 Å². The SMILES string of the molecule is CNC(=O)C(=O)N[C@@H](C)CC1CCC2(CC1)OC(=O)NN=C2c1ccc(S(C)(=O)=O)cc1Br. The van der Waals surface area contributed by atoms with Crippen LogP contribution in [-0.2, 0) is 24.2 Å². The summed E-state index contributed by atoms with van der Waals surface area (Å²) in [6, 6.07) is 4.49. The molecule has 1 saturated carbocycles. The Labute approximate surface area is 200 Å². The third kappa shape index (κ3) is 5.72.